The molecule has 0 saturated heterocycles. The molecule has 0 fully saturated rings. The van der Waals surface area contributed by atoms with Crippen LogP contribution in [0, 0.1) is 3.57 Å². The van der Waals surface area contributed by atoms with Gasteiger partial charge in [0.05, 0.1) is 3.57 Å². The van der Waals surface area contributed by atoms with Gasteiger partial charge < -0.3 is 15.9 Å². The Bertz CT molecular complexity index is 326. The fourth-order valence-corrected chi connectivity index (χ4v) is 1.84. The van der Waals surface area contributed by atoms with E-state index in [1.54, 1.807) is 13.0 Å². The van der Waals surface area contributed by atoms with Crippen molar-refractivity contribution in [2.24, 2.45) is 5.73 Å². The van der Waals surface area contributed by atoms with E-state index in [1.807, 2.05) is 12.1 Å². The largest absolute Gasteiger partial charge is 0.506 e. The zero-order valence-corrected chi connectivity index (χ0v) is 10.2. The third-order valence-electron chi connectivity index (χ3n) is 2.23. The zero-order valence-electron chi connectivity index (χ0n) is 8.00. The Balaban J connectivity index is 3.12. The molecule has 0 heterocycles. The normalized spacial score (nSPS) is 15.1. The monoisotopic (exact) mass is 307 g/mol. The Labute approximate surface area is 97.1 Å². The van der Waals surface area contributed by atoms with Crippen LogP contribution in [0.2, 0.25) is 0 Å². The molecule has 1 aromatic carbocycles. The van der Waals surface area contributed by atoms with Crippen LogP contribution >= 0.6 is 22.6 Å². The summed E-state index contributed by atoms with van der Waals surface area (Å²) in [5.41, 5.74) is 5.99. The average Bonchev–Trinajstić information content (AvgIpc) is 2.09. The van der Waals surface area contributed by atoms with E-state index < -0.39 is 5.54 Å². The van der Waals surface area contributed by atoms with Crippen LogP contribution in [0.3, 0.4) is 0 Å². The van der Waals surface area contributed by atoms with Crippen molar-refractivity contribution < 1.29 is 10.2 Å². The molecule has 1 aromatic rings. The third kappa shape index (κ3) is 2.37. The molecule has 0 aliphatic carbocycles. The first-order valence-corrected chi connectivity index (χ1v) is 5.44. The first-order chi connectivity index (χ1) is 6.49. The molecular formula is C10H14INO2. The summed E-state index contributed by atoms with van der Waals surface area (Å²) in [6, 6.07) is 5.45. The molecule has 0 spiro atoms. The fraction of sp³-hybridized carbons (Fsp3) is 0.400. The maximum atomic E-state index is 9.79. The van der Waals surface area contributed by atoms with Gasteiger partial charge in [0, 0.05) is 17.7 Å². The summed E-state index contributed by atoms with van der Waals surface area (Å²) in [6.45, 7) is 1.81. The molecule has 1 atom stereocenters. The average molecular weight is 307 g/mol. The minimum absolute atomic E-state index is 0.0118. The van der Waals surface area contributed by atoms with Crippen LogP contribution in [0.25, 0.3) is 0 Å². The minimum atomic E-state index is -0.681. The number of hydrogen-bond acceptors (Lipinski definition) is 3. The number of para-hydroxylation sites is 1. The van der Waals surface area contributed by atoms with Crippen molar-refractivity contribution in [3.05, 3.63) is 27.3 Å². The number of aliphatic hydroxyl groups is 1. The third-order valence-corrected chi connectivity index (χ3v) is 3.10. The topological polar surface area (TPSA) is 66.5 Å². The number of phenols is 1. The zero-order chi connectivity index (χ0) is 10.8. The second-order valence-corrected chi connectivity index (χ2v) is 4.69. The summed E-state index contributed by atoms with van der Waals surface area (Å²) in [6.07, 6.45) is 0.431. The number of aliphatic hydroxyl groups excluding tert-OH is 1. The van der Waals surface area contributed by atoms with E-state index in [0.29, 0.717) is 12.0 Å². The second kappa shape index (κ2) is 4.46. The van der Waals surface area contributed by atoms with Crippen molar-refractivity contribution >= 4 is 22.6 Å². The Morgan fingerprint density at radius 3 is 2.71 bits per heavy atom. The van der Waals surface area contributed by atoms with E-state index in [2.05, 4.69) is 22.6 Å². The van der Waals surface area contributed by atoms with Crippen molar-refractivity contribution in [3.8, 4) is 5.75 Å². The van der Waals surface area contributed by atoms with Crippen LogP contribution in [0.5, 0.6) is 5.75 Å². The molecule has 0 amide bonds. The van der Waals surface area contributed by atoms with Gasteiger partial charge in [0.2, 0.25) is 0 Å². The summed E-state index contributed by atoms with van der Waals surface area (Å²) in [4.78, 5) is 0. The lowest BCUT2D eigenvalue weighted by Crippen LogP contribution is -2.34. The highest BCUT2D eigenvalue weighted by Gasteiger charge is 2.24. The first kappa shape index (κ1) is 11.7. The maximum absolute atomic E-state index is 9.79. The molecule has 78 valence electrons. The van der Waals surface area contributed by atoms with Gasteiger partial charge in [-0.05, 0) is 42.0 Å². The van der Waals surface area contributed by atoms with E-state index in [1.165, 1.54) is 0 Å². The van der Waals surface area contributed by atoms with E-state index in [9.17, 15) is 5.11 Å². The van der Waals surface area contributed by atoms with Gasteiger partial charge in [0.1, 0.15) is 5.75 Å². The molecule has 0 bridgehead atoms. The Hall–Kier alpha value is -0.330. The highest BCUT2D eigenvalue weighted by atomic mass is 127. The quantitative estimate of drug-likeness (QED) is 0.742. The number of phenolic OH excluding ortho intramolecular Hbond substituents is 1. The van der Waals surface area contributed by atoms with Crippen LogP contribution < -0.4 is 5.73 Å². The van der Waals surface area contributed by atoms with E-state index in [4.69, 9.17) is 10.8 Å². The molecule has 0 aromatic heterocycles. The molecular weight excluding hydrogens is 293 g/mol. The Morgan fingerprint density at radius 1 is 1.50 bits per heavy atom. The van der Waals surface area contributed by atoms with Crippen molar-refractivity contribution in [3.63, 3.8) is 0 Å². The van der Waals surface area contributed by atoms with Gasteiger partial charge in [-0.1, -0.05) is 12.1 Å². The summed E-state index contributed by atoms with van der Waals surface area (Å²) in [5, 5.41) is 18.7. The second-order valence-electron chi connectivity index (χ2n) is 3.53. The predicted octanol–water partition coefficient (Wildman–Crippen LogP) is 1.55. The van der Waals surface area contributed by atoms with Gasteiger partial charge in [-0.15, -0.1) is 0 Å². The van der Waals surface area contributed by atoms with Gasteiger partial charge in [0.25, 0.3) is 0 Å². The molecule has 3 nitrogen and oxygen atoms in total. The molecule has 0 aliphatic rings. The SMILES string of the molecule is C[C@](N)(CCO)c1cccc(I)c1O. The van der Waals surface area contributed by atoms with Gasteiger partial charge in [0.15, 0.2) is 0 Å². The number of halogens is 1. The van der Waals surface area contributed by atoms with E-state index >= 15 is 0 Å². The molecule has 0 aliphatic heterocycles. The lowest BCUT2D eigenvalue weighted by Gasteiger charge is -2.25. The number of aromatic hydroxyl groups is 1. The van der Waals surface area contributed by atoms with Crippen molar-refractivity contribution in [2.75, 3.05) is 6.61 Å². The smallest absolute Gasteiger partial charge is 0.133 e. The summed E-state index contributed by atoms with van der Waals surface area (Å²) in [5.74, 6) is 0.214. The minimum Gasteiger partial charge on any atom is -0.506 e. The van der Waals surface area contributed by atoms with Crippen LogP contribution in [0.4, 0.5) is 0 Å². The number of nitrogens with two attached hydrogens (primary N) is 1. The molecule has 1 rings (SSSR count). The first-order valence-electron chi connectivity index (χ1n) is 4.37. The Kier molecular flexibility index (Phi) is 3.74. The highest BCUT2D eigenvalue weighted by Crippen LogP contribution is 2.32. The van der Waals surface area contributed by atoms with Crippen molar-refractivity contribution in [2.45, 2.75) is 18.9 Å². The molecule has 0 unspecified atom stereocenters. The van der Waals surface area contributed by atoms with Crippen molar-refractivity contribution in [1.82, 2.24) is 0 Å². The maximum Gasteiger partial charge on any atom is 0.133 e. The molecule has 4 heteroatoms. The molecule has 4 N–H and O–H groups in total. The molecule has 14 heavy (non-hydrogen) atoms. The van der Waals surface area contributed by atoms with E-state index in [-0.39, 0.29) is 12.4 Å². The van der Waals surface area contributed by atoms with Crippen LogP contribution in [0.1, 0.15) is 18.9 Å². The van der Waals surface area contributed by atoms with Crippen LogP contribution in [-0.2, 0) is 5.54 Å². The number of benzene rings is 1. The standard InChI is InChI=1S/C10H14INO2/c1-10(12,5-6-13)7-3-2-4-8(11)9(7)14/h2-4,13-14H,5-6,12H2,1H3/t10-/m0/s1. The lowest BCUT2D eigenvalue weighted by molar-refractivity contribution is 0.245. The van der Waals surface area contributed by atoms with Gasteiger partial charge in [-0.2, -0.15) is 0 Å². The van der Waals surface area contributed by atoms with Gasteiger partial charge in [-0.3, -0.25) is 0 Å². The summed E-state index contributed by atoms with van der Waals surface area (Å²) in [7, 11) is 0. The van der Waals surface area contributed by atoms with Crippen LogP contribution in [0.15, 0.2) is 18.2 Å². The highest BCUT2D eigenvalue weighted by molar-refractivity contribution is 14.1. The van der Waals surface area contributed by atoms with E-state index in [0.717, 1.165) is 3.57 Å². The summed E-state index contributed by atoms with van der Waals surface area (Å²) >= 11 is 2.05. The van der Waals surface area contributed by atoms with Gasteiger partial charge in [-0.25, -0.2) is 0 Å². The lowest BCUT2D eigenvalue weighted by atomic mass is 9.89. The number of hydrogen-bond donors (Lipinski definition) is 3. The van der Waals surface area contributed by atoms with Crippen LogP contribution in [-0.4, -0.2) is 16.8 Å². The fourth-order valence-electron chi connectivity index (χ4n) is 1.34. The molecule has 0 saturated carbocycles. The number of rotatable bonds is 3. The molecule has 0 radical (unpaired) electrons. The summed E-state index contributed by atoms with van der Waals surface area (Å²) < 4.78 is 0.773. The van der Waals surface area contributed by atoms with Crippen molar-refractivity contribution in [1.29, 1.82) is 0 Å². The Morgan fingerprint density at radius 2 is 2.14 bits per heavy atom. The predicted molar refractivity (Wildman–Crippen MR) is 64.1 cm³/mol. The van der Waals surface area contributed by atoms with Gasteiger partial charge >= 0.3 is 0 Å².